The van der Waals surface area contributed by atoms with Crippen LogP contribution in [0.1, 0.15) is 12.0 Å². The van der Waals surface area contributed by atoms with Crippen LogP contribution in [0.5, 0.6) is 5.75 Å². The summed E-state index contributed by atoms with van der Waals surface area (Å²) in [6, 6.07) is 5.44. The molecule has 0 saturated carbocycles. The zero-order chi connectivity index (χ0) is 13.8. The van der Waals surface area contributed by atoms with Gasteiger partial charge < -0.3 is 20.6 Å². The van der Waals surface area contributed by atoms with Crippen molar-refractivity contribution in [3.05, 3.63) is 23.8 Å². The molecular formula is C14H14N2O3. The van der Waals surface area contributed by atoms with Crippen molar-refractivity contribution in [2.45, 2.75) is 12.8 Å². The molecule has 0 fully saturated rings. The predicted octanol–water partition coefficient (Wildman–Crippen LogP) is 1.78. The van der Waals surface area contributed by atoms with Gasteiger partial charge in [-0.3, -0.25) is 4.79 Å². The molecular weight excluding hydrogens is 244 g/mol. The van der Waals surface area contributed by atoms with Crippen LogP contribution < -0.4 is 10.5 Å². The number of H-pyrrole nitrogens is 1. The summed E-state index contributed by atoms with van der Waals surface area (Å²) in [5, 5.41) is 9.62. The minimum atomic E-state index is -0.853. The minimum Gasteiger partial charge on any atom is -0.481 e. The second kappa shape index (κ2) is 5.36. The van der Waals surface area contributed by atoms with Crippen molar-refractivity contribution in [3.8, 4) is 18.1 Å². The maximum atomic E-state index is 10.7. The highest BCUT2D eigenvalue weighted by Gasteiger charge is 2.11. The lowest BCUT2D eigenvalue weighted by Crippen LogP contribution is -1.99. The number of carboxylic acids is 1. The Hall–Kier alpha value is -2.61. The number of nitrogen functional groups attached to an aromatic ring is 1. The molecule has 4 N–H and O–H groups in total. The first-order chi connectivity index (χ1) is 9.11. The van der Waals surface area contributed by atoms with Crippen LogP contribution in [0.4, 0.5) is 5.82 Å². The van der Waals surface area contributed by atoms with E-state index in [1.807, 2.05) is 12.1 Å². The highest BCUT2D eigenvalue weighted by atomic mass is 16.5. The molecule has 98 valence electrons. The van der Waals surface area contributed by atoms with Gasteiger partial charge in [-0.05, 0) is 24.6 Å². The van der Waals surface area contributed by atoms with Gasteiger partial charge in [-0.25, -0.2) is 0 Å². The Morgan fingerprint density at radius 1 is 1.53 bits per heavy atom. The van der Waals surface area contributed by atoms with Gasteiger partial charge in [0.2, 0.25) is 0 Å². The number of anilines is 1. The van der Waals surface area contributed by atoms with E-state index in [0.717, 1.165) is 16.5 Å². The van der Waals surface area contributed by atoms with E-state index in [1.54, 1.807) is 6.07 Å². The zero-order valence-electron chi connectivity index (χ0n) is 10.3. The fourth-order valence-corrected chi connectivity index (χ4v) is 1.96. The quantitative estimate of drug-likeness (QED) is 0.713. The number of aromatic nitrogens is 1. The number of rotatable bonds is 5. The Balaban J connectivity index is 2.35. The first kappa shape index (κ1) is 12.8. The van der Waals surface area contributed by atoms with Crippen molar-refractivity contribution >= 4 is 22.7 Å². The molecule has 19 heavy (non-hydrogen) atoms. The molecule has 1 heterocycles. The molecule has 5 nitrogen and oxygen atoms in total. The summed E-state index contributed by atoms with van der Waals surface area (Å²) < 4.78 is 5.35. The third kappa shape index (κ3) is 2.80. The van der Waals surface area contributed by atoms with E-state index in [4.69, 9.17) is 22.0 Å². The topological polar surface area (TPSA) is 88.3 Å². The number of carbonyl (C=O) groups is 1. The average molecular weight is 258 g/mol. The Morgan fingerprint density at radius 2 is 2.32 bits per heavy atom. The molecule has 0 aliphatic rings. The van der Waals surface area contributed by atoms with Crippen LogP contribution >= 0.6 is 0 Å². The summed E-state index contributed by atoms with van der Waals surface area (Å²) in [6.45, 7) is 0.190. The second-order valence-electron chi connectivity index (χ2n) is 4.11. The molecule has 0 bridgehead atoms. The predicted molar refractivity (Wildman–Crippen MR) is 73.0 cm³/mol. The third-order valence-corrected chi connectivity index (χ3v) is 2.82. The van der Waals surface area contributed by atoms with E-state index in [1.165, 1.54) is 0 Å². The number of ether oxygens (including phenoxy) is 1. The number of fused-ring (bicyclic) bond motifs is 1. The molecule has 0 aliphatic carbocycles. The lowest BCUT2D eigenvalue weighted by molar-refractivity contribution is -0.136. The summed E-state index contributed by atoms with van der Waals surface area (Å²) in [5.74, 6) is 2.67. The van der Waals surface area contributed by atoms with Gasteiger partial charge in [-0.1, -0.05) is 5.92 Å². The molecule has 5 heteroatoms. The summed E-state index contributed by atoms with van der Waals surface area (Å²) in [6.07, 6.45) is 5.55. The Bertz CT molecular complexity index is 652. The van der Waals surface area contributed by atoms with E-state index >= 15 is 0 Å². The standard InChI is InChI=1S/C14H14N2O3/c1-2-7-19-9-3-5-12-11(8-9)10(14(15)16-12)4-6-13(17)18/h1,3,5,8,16H,4,6-7,15H2,(H,17,18). The van der Waals surface area contributed by atoms with Crippen molar-refractivity contribution in [2.75, 3.05) is 12.3 Å². The largest absolute Gasteiger partial charge is 0.481 e. The van der Waals surface area contributed by atoms with Gasteiger partial charge >= 0.3 is 5.97 Å². The fraction of sp³-hybridized carbons (Fsp3) is 0.214. The van der Waals surface area contributed by atoms with Gasteiger partial charge in [0.05, 0.1) is 0 Å². The lowest BCUT2D eigenvalue weighted by Gasteiger charge is -2.03. The summed E-state index contributed by atoms with van der Waals surface area (Å²) in [4.78, 5) is 13.7. The van der Waals surface area contributed by atoms with Crippen LogP contribution in [-0.2, 0) is 11.2 Å². The summed E-state index contributed by atoms with van der Waals surface area (Å²) in [7, 11) is 0. The van der Waals surface area contributed by atoms with Crippen LogP contribution in [-0.4, -0.2) is 22.7 Å². The normalized spacial score (nSPS) is 10.3. The maximum absolute atomic E-state index is 10.7. The van der Waals surface area contributed by atoms with Crippen LogP contribution in [0.25, 0.3) is 10.9 Å². The van der Waals surface area contributed by atoms with Crippen LogP contribution in [0, 0.1) is 12.3 Å². The molecule has 2 aromatic rings. The van der Waals surface area contributed by atoms with Crippen molar-refractivity contribution in [3.63, 3.8) is 0 Å². The first-order valence-electron chi connectivity index (χ1n) is 5.80. The Labute approximate surface area is 110 Å². The zero-order valence-corrected chi connectivity index (χ0v) is 10.3. The third-order valence-electron chi connectivity index (χ3n) is 2.82. The van der Waals surface area contributed by atoms with Crippen LogP contribution in [0.3, 0.4) is 0 Å². The lowest BCUT2D eigenvalue weighted by atomic mass is 10.1. The number of hydrogen-bond acceptors (Lipinski definition) is 3. The van der Waals surface area contributed by atoms with Crippen molar-refractivity contribution in [2.24, 2.45) is 0 Å². The summed E-state index contributed by atoms with van der Waals surface area (Å²) in [5.41, 5.74) is 7.52. The van der Waals surface area contributed by atoms with E-state index < -0.39 is 5.97 Å². The number of aliphatic carboxylic acids is 1. The second-order valence-corrected chi connectivity index (χ2v) is 4.11. The molecule has 0 saturated heterocycles. The number of benzene rings is 1. The van der Waals surface area contributed by atoms with E-state index in [0.29, 0.717) is 18.0 Å². The number of aryl methyl sites for hydroxylation is 1. The average Bonchev–Trinajstić information content (AvgIpc) is 2.69. The molecule has 0 amide bonds. The first-order valence-corrected chi connectivity index (χ1v) is 5.80. The molecule has 0 atom stereocenters. The van der Waals surface area contributed by atoms with Crippen molar-refractivity contribution < 1.29 is 14.6 Å². The number of carboxylic acid groups (broad SMARTS) is 1. The molecule has 0 unspecified atom stereocenters. The fourth-order valence-electron chi connectivity index (χ4n) is 1.96. The highest BCUT2D eigenvalue weighted by molar-refractivity contribution is 5.89. The molecule has 0 spiro atoms. The number of hydrogen-bond donors (Lipinski definition) is 3. The molecule has 1 aromatic heterocycles. The van der Waals surface area contributed by atoms with Gasteiger partial charge in [-0.2, -0.15) is 0 Å². The molecule has 0 aliphatic heterocycles. The number of nitrogens with two attached hydrogens (primary N) is 1. The maximum Gasteiger partial charge on any atom is 0.303 e. The molecule has 2 rings (SSSR count). The monoisotopic (exact) mass is 258 g/mol. The number of nitrogens with one attached hydrogen (secondary N) is 1. The van der Waals surface area contributed by atoms with Crippen LogP contribution in [0.15, 0.2) is 18.2 Å². The SMILES string of the molecule is C#CCOc1ccc2[nH]c(N)c(CCC(=O)O)c2c1. The number of aromatic amines is 1. The smallest absolute Gasteiger partial charge is 0.303 e. The minimum absolute atomic E-state index is 0.0343. The van der Waals surface area contributed by atoms with E-state index in [-0.39, 0.29) is 13.0 Å². The van der Waals surface area contributed by atoms with Gasteiger partial charge in [0, 0.05) is 22.9 Å². The van der Waals surface area contributed by atoms with Gasteiger partial charge in [0.15, 0.2) is 0 Å². The van der Waals surface area contributed by atoms with Gasteiger partial charge in [0.25, 0.3) is 0 Å². The summed E-state index contributed by atoms with van der Waals surface area (Å²) >= 11 is 0. The van der Waals surface area contributed by atoms with Gasteiger partial charge in [-0.15, -0.1) is 6.42 Å². The molecule has 1 aromatic carbocycles. The Kier molecular flexibility index (Phi) is 3.62. The van der Waals surface area contributed by atoms with Gasteiger partial charge in [0.1, 0.15) is 18.2 Å². The molecule has 0 radical (unpaired) electrons. The Morgan fingerprint density at radius 3 is 3.00 bits per heavy atom. The highest BCUT2D eigenvalue weighted by Crippen LogP contribution is 2.29. The van der Waals surface area contributed by atoms with Crippen molar-refractivity contribution in [1.29, 1.82) is 0 Å². The van der Waals surface area contributed by atoms with Crippen LogP contribution in [0.2, 0.25) is 0 Å². The van der Waals surface area contributed by atoms with E-state index in [2.05, 4.69) is 10.9 Å². The number of terminal acetylenes is 1. The van der Waals surface area contributed by atoms with Crippen molar-refractivity contribution in [1.82, 2.24) is 4.98 Å². The van der Waals surface area contributed by atoms with E-state index in [9.17, 15) is 4.79 Å².